The van der Waals surface area contributed by atoms with Crippen LogP contribution < -0.4 is 0 Å². The SMILES string of the molecule is CC1C(=O)CC(C)(C)c2ccccc21. The Kier molecular flexibility index (Phi) is 1.99. The van der Waals surface area contributed by atoms with Crippen molar-refractivity contribution in [1.29, 1.82) is 0 Å². The fraction of sp³-hybridized carbons (Fsp3) is 0.462. The van der Waals surface area contributed by atoms with E-state index in [4.69, 9.17) is 0 Å². The van der Waals surface area contributed by atoms with E-state index in [1.54, 1.807) is 0 Å². The van der Waals surface area contributed by atoms with E-state index in [2.05, 4.69) is 32.0 Å². The van der Waals surface area contributed by atoms with Crippen molar-refractivity contribution in [1.82, 2.24) is 0 Å². The van der Waals surface area contributed by atoms with E-state index < -0.39 is 0 Å². The van der Waals surface area contributed by atoms with Gasteiger partial charge in [-0.05, 0) is 16.5 Å². The third kappa shape index (κ3) is 1.28. The quantitative estimate of drug-likeness (QED) is 0.611. The van der Waals surface area contributed by atoms with Crippen molar-refractivity contribution in [2.45, 2.75) is 38.5 Å². The van der Waals surface area contributed by atoms with Crippen molar-refractivity contribution in [3.63, 3.8) is 0 Å². The highest BCUT2D eigenvalue weighted by molar-refractivity contribution is 5.89. The Labute approximate surface area is 85.1 Å². The maximum atomic E-state index is 11.8. The molecule has 1 nitrogen and oxygen atoms in total. The summed E-state index contributed by atoms with van der Waals surface area (Å²) in [5, 5.41) is 0. The first-order chi connectivity index (χ1) is 6.52. The molecule has 74 valence electrons. The summed E-state index contributed by atoms with van der Waals surface area (Å²) in [5.74, 6) is 0.452. The molecule has 1 unspecified atom stereocenters. The van der Waals surface area contributed by atoms with E-state index in [1.807, 2.05) is 13.0 Å². The molecular formula is C13H16O. The fourth-order valence-corrected chi connectivity index (χ4v) is 2.35. The molecule has 1 atom stereocenters. The van der Waals surface area contributed by atoms with Crippen LogP contribution in [0.5, 0.6) is 0 Å². The number of Topliss-reactive ketones (excluding diaryl/α,β-unsaturated/α-hetero) is 1. The largest absolute Gasteiger partial charge is 0.299 e. The van der Waals surface area contributed by atoms with Crippen LogP contribution in [0.1, 0.15) is 44.2 Å². The minimum absolute atomic E-state index is 0.0141. The van der Waals surface area contributed by atoms with E-state index in [9.17, 15) is 4.79 Å². The van der Waals surface area contributed by atoms with Gasteiger partial charge in [-0.25, -0.2) is 0 Å². The van der Waals surface area contributed by atoms with Crippen LogP contribution in [-0.4, -0.2) is 5.78 Å². The lowest BCUT2D eigenvalue weighted by Crippen LogP contribution is -2.31. The average Bonchev–Trinajstić information content (AvgIpc) is 2.14. The van der Waals surface area contributed by atoms with Gasteiger partial charge in [0.15, 0.2) is 0 Å². The van der Waals surface area contributed by atoms with Crippen molar-refractivity contribution in [2.75, 3.05) is 0 Å². The third-order valence-corrected chi connectivity index (χ3v) is 3.26. The van der Waals surface area contributed by atoms with Crippen LogP contribution in [0.3, 0.4) is 0 Å². The standard InChI is InChI=1S/C13H16O/c1-9-10-6-4-5-7-11(10)13(2,3)8-12(9)14/h4-7,9H,8H2,1-3H3. The van der Waals surface area contributed by atoms with Crippen LogP contribution in [0.25, 0.3) is 0 Å². The second-order valence-electron chi connectivity index (χ2n) is 4.84. The smallest absolute Gasteiger partial charge is 0.140 e. The summed E-state index contributed by atoms with van der Waals surface area (Å²) < 4.78 is 0. The van der Waals surface area contributed by atoms with Gasteiger partial charge in [0.2, 0.25) is 0 Å². The van der Waals surface area contributed by atoms with E-state index in [0.29, 0.717) is 12.2 Å². The molecule has 1 heteroatoms. The predicted molar refractivity (Wildman–Crippen MR) is 57.5 cm³/mol. The molecule has 1 aromatic rings. The minimum Gasteiger partial charge on any atom is -0.299 e. The topological polar surface area (TPSA) is 17.1 Å². The summed E-state index contributed by atoms with van der Waals surface area (Å²) in [7, 11) is 0. The number of rotatable bonds is 0. The predicted octanol–water partition coefficient (Wildman–Crippen LogP) is 3.04. The van der Waals surface area contributed by atoms with Crippen LogP contribution >= 0.6 is 0 Å². The Morgan fingerprint density at radius 3 is 2.64 bits per heavy atom. The first kappa shape index (κ1) is 9.45. The molecule has 0 spiro atoms. The number of benzene rings is 1. The van der Waals surface area contributed by atoms with Crippen LogP contribution in [0.4, 0.5) is 0 Å². The van der Waals surface area contributed by atoms with Gasteiger partial charge in [0.1, 0.15) is 5.78 Å². The summed E-state index contributed by atoms with van der Waals surface area (Å²) in [6.07, 6.45) is 0.672. The number of ketones is 1. The van der Waals surface area contributed by atoms with Gasteiger partial charge in [-0.2, -0.15) is 0 Å². The first-order valence-electron chi connectivity index (χ1n) is 5.14. The van der Waals surface area contributed by atoms with Crippen molar-refractivity contribution < 1.29 is 4.79 Å². The maximum Gasteiger partial charge on any atom is 0.140 e. The molecule has 1 aliphatic rings. The number of hydrogen-bond donors (Lipinski definition) is 0. The number of fused-ring (bicyclic) bond motifs is 1. The fourth-order valence-electron chi connectivity index (χ4n) is 2.35. The Balaban J connectivity index is 2.61. The number of hydrogen-bond acceptors (Lipinski definition) is 1. The van der Waals surface area contributed by atoms with Gasteiger partial charge in [0, 0.05) is 12.3 Å². The zero-order chi connectivity index (χ0) is 10.3. The molecule has 0 saturated carbocycles. The summed E-state index contributed by atoms with van der Waals surface area (Å²) in [4.78, 5) is 11.8. The molecule has 0 bridgehead atoms. The van der Waals surface area contributed by atoms with E-state index in [-0.39, 0.29) is 11.3 Å². The van der Waals surface area contributed by atoms with Gasteiger partial charge in [0.05, 0.1) is 0 Å². The molecule has 2 rings (SSSR count). The zero-order valence-electron chi connectivity index (χ0n) is 9.00. The van der Waals surface area contributed by atoms with Gasteiger partial charge in [-0.1, -0.05) is 45.0 Å². The van der Waals surface area contributed by atoms with Crippen LogP contribution in [0, 0.1) is 0 Å². The molecule has 1 aromatic carbocycles. The van der Waals surface area contributed by atoms with Crippen LogP contribution in [0.2, 0.25) is 0 Å². The monoisotopic (exact) mass is 188 g/mol. The molecule has 1 aliphatic carbocycles. The van der Waals surface area contributed by atoms with E-state index in [1.165, 1.54) is 11.1 Å². The lowest BCUT2D eigenvalue weighted by Gasteiger charge is -2.34. The van der Waals surface area contributed by atoms with Crippen molar-refractivity contribution >= 4 is 5.78 Å². The van der Waals surface area contributed by atoms with Gasteiger partial charge < -0.3 is 0 Å². The number of carbonyl (C=O) groups excluding carboxylic acids is 1. The summed E-state index contributed by atoms with van der Waals surface area (Å²) in [6.45, 7) is 6.31. The van der Waals surface area contributed by atoms with Crippen molar-refractivity contribution in [3.05, 3.63) is 35.4 Å². The van der Waals surface area contributed by atoms with Gasteiger partial charge in [-0.15, -0.1) is 0 Å². The summed E-state index contributed by atoms with van der Waals surface area (Å²) in [5.41, 5.74) is 2.57. The molecule has 0 aromatic heterocycles. The van der Waals surface area contributed by atoms with Gasteiger partial charge in [0.25, 0.3) is 0 Å². The zero-order valence-corrected chi connectivity index (χ0v) is 9.00. The molecule has 14 heavy (non-hydrogen) atoms. The van der Waals surface area contributed by atoms with Crippen molar-refractivity contribution in [2.24, 2.45) is 0 Å². The third-order valence-electron chi connectivity index (χ3n) is 3.26. The molecule has 0 N–H and O–H groups in total. The van der Waals surface area contributed by atoms with E-state index in [0.717, 1.165) is 0 Å². The molecule has 0 fully saturated rings. The lowest BCUT2D eigenvalue weighted by atomic mass is 9.69. The second kappa shape index (κ2) is 2.94. The molecule has 0 amide bonds. The van der Waals surface area contributed by atoms with Crippen LogP contribution in [-0.2, 0) is 10.2 Å². The molecule has 0 heterocycles. The molecular weight excluding hydrogens is 172 g/mol. The van der Waals surface area contributed by atoms with Gasteiger partial charge >= 0.3 is 0 Å². The maximum absolute atomic E-state index is 11.8. The Hall–Kier alpha value is -1.11. The molecule has 0 saturated heterocycles. The Bertz CT molecular complexity index is 377. The Morgan fingerprint density at radius 2 is 1.93 bits per heavy atom. The summed E-state index contributed by atoms with van der Waals surface area (Å²) >= 11 is 0. The highest BCUT2D eigenvalue weighted by Crippen LogP contribution is 2.39. The van der Waals surface area contributed by atoms with Gasteiger partial charge in [-0.3, -0.25) is 4.79 Å². The normalized spacial score (nSPS) is 24.5. The first-order valence-corrected chi connectivity index (χ1v) is 5.14. The van der Waals surface area contributed by atoms with Crippen molar-refractivity contribution in [3.8, 4) is 0 Å². The highest BCUT2D eigenvalue weighted by atomic mass is 16.1. The molecule has 0 radical (unpaired) electrons. The van der Waals surface area contributed by atoms with Crippen LogP contribution in [0.15, 0.2) is 24.3 Å². The molecule has 0 aliphatic heterocycles. The second-order valence-corrected chi connectivity index (χ2v) is 4.84. The minimum atomic E-state index is 0.0141. The summed E-state index contributed by atoms with van der Waals surface area (Å²) in [6, 6.07) is 8.31. The average molecular weight is 188 g/mol. The number of carbonyl (C=O) groups is 1. The lowest BCUT2D eigenvalue weighted by molar-refractivity contribution is -0.121. The van der Waals surface area contributed by atoms with E-state index >= 15 is 0 Å². The Morgan fingerprint density at radius 1 is 1.29 bits per heavy atom. The highest BCUT2D eigenvalue weighted by Gasteiger charge is 2.35.